The van der Waals surface area contributed by atoms with Gasteiger partial charge in [-0.05, 0) is 36.5 Å². The van der Waals surface area contributed by atoms with Gasteiger partial charge in [0.05, 0.1) is 15.7 Å². The van der Waals surface area contributed by atoms with Crippen molar-refractivity contribution in [1.82, 2.24) is 0 Å². The molecular formula is C7H7NNaO4S2+. The third-order valence-corrected chi connectivity index (χ3v) is 2.27. The maximum Gasteiger partial charge on any atom is 1.00 e. The minimum absolute atomic E-state index is 0. The molecule has 1 aromatic carbocycles. The molecule has 0 atom stereocenters. The molecule has 8 heteroatoms. The fourth-order valence-electron chi connectivity index (χ4n) is 0.745. The number of thiocarbonyl (C=S) groups is 1. The van der Waals surface area contributed by atoms with Gasteiger partial charge in [0.1, 0.15) is 0 Å². The molecule has 3 N–H and O–H groups in total. The van der Waals surface area contributed by atoms with Crippen LogP contribution < -0.4 is 29.6 Å². The zero-order valence-electron chi connectivity index (χ0n) is 7.84. The van der Waals surface area contributed by atoms with Crippen LogP contribution in [0.5, 0.6) is 0 Å². The molecule has 0 radical (unpaired) electrons. The summed E-state index contributed by atoms with van der Waals surface area (Å²) in [6.07, 6.45) is 0. The third kappa shape index (κ3) is 5.50. The Balaban J connectivity index is 0. The molecule has 0 fully saturated rings. The number of benzene rings is 1. The number of aliphatic imine (C=N–C) groups is 1. The summed E-state index contributed by atoms with van der Waals surface area (Å²) in [7, 11) is -4.12. The predicted molar refractivity (Wildman–Crippen MR) is 54.6 cm³/mol. The second-order valence-corrected chi connectivity index (χ2v) is 3.78. The van der Waals surface area contributed by atoms with E-state index in [0.29, 0.717) is 5.69 Å². The van der Waals surface area contributed by atoms with E-state index in [4.69, 9.17) is 4.55 Å². The van der Waals surface area contributed by atoms with E-state index in [1.165, 1.54) is 24.3 Å². The number of isothiocyanates is 1. The quantitative estimate of drug-likeness (QED) is 0.282. The van der Waals surface area contributed by atoms with Gasteiger partial charge in [0.2, 0.25) is 0 Å². The van der Waals surface area contributed by atoms with Crippen LogP contribution in [-0.2, 0) is 10.1 Å². The van der Waals surface area contributed by atoms with Crippen molar-refractivity contribution < 1.29 is 48.0 Å². The Morgan fingerprint density at radius 3 is 2.07 bits per heavy atom. The first-order valence-electron chi connectivity index (χ1n) is 3.19. The standard InChI is InChI=1S/C7H5NO3S2.Na.H2O/c9-13(10,11)7-3-1-6(2-4-7)8-5-12;;/h1-4H,(H,9,10,11);;1H2/q;+1;. The van der Waals surface area contributed by atoms with Crippen LogP contribution in [0.25, 0.3) is 0 Å². The molecular weight excluding hydrogens is 249 g/mol. The van der Waals surface area contributed by atoms with Crippen molar-refractivity contribution in [2.24, 2.45) is 4.99 Å². The molecule has 0 unspecified atom stereocenters. The first-order chi connectivity index (χ1) is 6.04. The Hall–Kier alpha value is -0.110. The largest absolute Gasteiger partial charge is 1.00 e. The Kier molecular flexibility index (Phi) is 8.31. The number of rotatable bonds is 2. The van der Waals surface area contributed by atoms with Crippen molar-refractivity contribution in [3.8, 4) is 0 Å². The second kappa shape index (κ2) is 7.21. The molecule has 0 bridgehead atoms. The average Bonchev–Trinajstić information content (AvgIpc) is 2.04. The van der Waals surface area contributed by atoms with Crippen LogP contribution in [0.2, 0.25) is 0 Å². The van der Waals surface area contributed by atoms with E-state index in [-0.39, 0.29) is 39.9 Å². The summed E-state index contributed by atoms with van der Waals surface area (Å²) >= 11 is 4.36. The van der Waals surface area contributed by atoms with Crippen molar-refractivity contribution >= 4 is 33.2 Å². The minimum Gasteiger partial charge on any atom is -0.412 e. The van der Waals surface area contributed by atoms with E-state index in [0.717, 1.165) is 0 Å². The molecule has 0 heterocycles. The van der Waals surface area contributed by atoms with E-state index < -0.39 is 10.1 Å². The molecule has 0 aliphatic heterocycles. The minimum atomic E-state index is -4.12. The summed E-state index contributed by atoms with van der Waals surface area (Å²) < 4.78 is 29.8. The van der Waals surface area contributed by atoms with Gasteiger partial charge in [-0.1, -0.05) is 0 Å². The van der Waals surface area contributed by atoms with Gasteiger partial charge in [-0.25, -0.2) is 0 Å². The van der Waals surface area contributed by atoms with Crippen LogP contribution >= 0.6 is 12.2 Å². The normalized spacial score (nSPS) is 9.13. The van der Waals surface area contributed by atoms with Crippen LogP contribution in [0, 0.1) is 0 Å². The zero-order valence-corrected chi connectivity index (χ0v) is 11.5. The van der Waals surface area contributed by atoms with E-state index >= 15 is 0 Å². The Bertz CT molecular complexity index is 450. The molecule has 0 saturated heterocycles. The summed E-state index contributed by atoms with van der Waals surface area (Å²) in [6, 6.07) is 5.31. The van der Waals surface area contributed by atoms with Crippen molar-refractivity contribution in [2.75, 3.05) is 0 Å². The molecule has 5 nitrogen and oxygen atoms in total. The van der Waals surface area contributed by atoms with Gasteiger partial charge in [-0.3, -0.25) is 4.55 Å². The number of nitrogens with zero attached hydrogens (tertiary/aromatic N) is 1. The third-order valence-electron chi connectivity index (χ3n) is 1.31. The van der Waals surface area contributed by atoms with Crippen LogP contribution in [-0.4, -0.2) is 23.6 Å². The van der Waals surface area contributed by atoms with Crippen LogP contribution in [0.3, 0.4) is 0 Å². The first-order valence-corrected chi connectivity index (χ1v) is 5.04. The van der Waals surface area contributed by atoms with Crippen molar-refractivity contribution in [2.45, 2.75) is 4.90 Å². The summed E-state index contributed by atoms with van der Waals surface area (Å²) in [5.74, 6) is 0. The van der Waals surface area contributed by atoms with Crippen LogP contribution in [0.15, 0.2) is 34.2 Å². The maximum absolute atomic E-state index is 10.6. The van der Waals surface area contributed by atoms with Gasteiger partial charge >= 0.3 is 29.6 Å². The van der Waals surface area contributed by atoms with Gasteiger partial charge in [0.25, 0.3) is 10.1 Å². The van der Waals surface area contributed by atoms with Crippen molar-refractivity contribution in [3.63, 3.8) is 0 Å². The van der Waals surface area contributed by atoms with E-state index in [1.54, 1.807) is 0 Å². The van der Waals surface area contributed by atoms with Gasteiger partial charge in [-0.15, -0.1) is 0 Å². The number of hydrogen-bond acceptors (Lipinski definition) is 4. The van der Waals surface area contributed by atoms with Crippen LogP contribution in [0.1, 0.15) is 0 Å². The molecule has 0 aromatic heterocycles. The van der Waals surface area contributed by atoms with Crippen molar-refractivity contribution in [3.05, 3.63) is 24.3 Å². The van der Waals surface area contributed by atoms with E-state index in [2.05, 4.69) is 22.4 Å². The average molecular weight is 256 g/mol. The maximum atomic E-state index is 10.6. The number of hydrogen-bond donors (Lipinski definition) is 1. The Morgan fingerprint density at radius 1 is 1.27 bits per heavy atom. The smallest absolute Gasteiger partial charge is 0.412 e. The van der Waals surface area contributed by atoms with E-state index in [9.17, 15) is 8.42 Å². The van der Waals surface area contributed by atoms with E-state index in [1.807, 2.05) is 0 Å². The first kappa shape index (κ1) is 17.3. The molecule has 0 amide bonds. The van der Waals surface area contributed by atoms with Gasteiger partial charge in [-0.2, -0.15) is 13.4 Å². The fraction of sp³-hybridized carbons (Fsp3) is 0. The molecule has 0 saturated carbocycles. The molecule has 76 valence electrons. The second-order valence-electron chi connectivity index (χ2n) is 2.17. The fourth-order valence-corrected chi connectivity index (χ4v) is 1.33. The zero-order chi connectivity index (χ0) is 9.90. The molecule has 1 aromatic rings. The topological polar surface area (TPSA) is 98.2 Å². The molecule has 1 rings (SSSR count). The summed E-state index contributed by atoms with van der Waals surface area (Å²) in [5, 5.41) is 2.14. The summed E-state index contributed by atoms with van der Waals surface area (Å²) in [4.78, 5) is 3.45. The predicted octanol–water partition coefficient (Wildman–Crippen LogP) is -2.15. The van der Waals surface area contributed by atoms with Gasteiger partial charge in [0.15, 0.2) is 0 Å². The van der Waals surface area contributed by atoms with Crippen molar-refractivity contribution in [1.29, 1.82) is 0 Å². The molecule has 15 heavy (non-hydrogen) atoms. The van der Waals surface area contributed by atoms with Crippen LogP contribution in [0.4, 0.5) is 5.69 Å². The monoisotopic (exact) mass is 256 g/mol. The Morgan fingerprint density at radius 2 is 1.73 bits per heavy atom. The summed E-state index contributed by atoms with van der Waals surface area (Å²) in [6.45, 7) is 0. The molecule has 0 aliphatic rings. The van der Waals surface area contributed by atoms with Gasteiger partial charge < -0.3 is 5.48 Å². The van der Waals surface area contributed by atoms with Gasteiger partial charge in [0, 0.05) is 0 Å². The summed E-state index contributed by atoms with van der Waals surface area (Å²) in [5.41, 5.74) is 0.488. The molecule has 0 aliphatic carbocycles. The Labute approximate surface area is 115 Å². The molecule has 0 spiro atoms. The SMILES string of the molecule is O.O=S(=O)(O)c1ccc(N=C=S)cc1.[Na+].